The summed E-state index contributed by atoms with van der Waals surface area (Å²) in [5.74, 6) is 0.0452. The first-order valence-corrected chi connectivity index (χ1v) is 8.50. The van der Waals surface area contributed by atoms with Crippen LogP contribution >= 0.6 is 0 Å². The predicted octanol–water partition coefficient (Wildman–Crippen LogP) is 1.71. The Morgan fingerprint density at radius 2 is 2.17 bits per heavy atom. The largest absolute Gasteiger partial charge is 0.272 e. The molecule has 0 aliphatic carbocycles. The lowest BCUT2D eigenvalue weighted by atomic mass is 10.2. The highest BCUT2D eigenvalue weighted by Crippen LogP contribution is 2.21. The van der Waals surface area contributed by atoms with Crippen molar-refractivity contribution >= 4 is 15.7 Å². The molecule has 0 saturated heterocycles. The average Bonchev–Trinajstić information content (AvgIpc) is 2.97. The Bertz CT molecular complexity index is 787. The zero-order valence-corrected chi connectivity index (χ0v) is 13.7. The van der Waals surface area contributed by atoms with Crippen LogP contribution in [-0.4, -0.2) is 29.7 Å². The molecule has 1 heterocycles. The van der Waals surface area contributed by atoms with Crippen LogP contribution in [0.15, 0.2) is 41.6 Å². The van der Waals surface area contributed by atoms with Gasteiger partial charge in [-0.3, -0.25) is 14.8 Å². The van der Waals surface area contributed by atoms with Gasteiger partial charge in [0.25, 0.3) is 5.69 Å². The number of nitro groups is 1. The standard InChI is InChI=1S/C14H18N4O4S/c1-11(10-17-7-3-6-15-17)9-16-23(21,22)13-4-5-14(18(19)20)12(2)8-13/h3-8,11,16H,9-10H2,1-2H3/t11-/m1/s1. The number of aryl methyl sites for hydroxylation is 1. The molecule has 0 fully saturated rings. The summed E-state index contributed by atoms with van der Waals surface area (Å²) in [7, 11) is -3.70. The zero-order chi connectivity index (χ0) is 17.0. The highest BCUT2D eigenvalue weighted by molar-refractivity contribution is 7.89. The second-order valence-electron chi connectivity index (χ2n) is 5.39. The van der Waals surface area contributed by atoms with Gasteiger partial charge in [0.1, 0.15) is 0 Å². The molecule has 0 amide bonds. The molecule has 0 aliphatic rings. The Morgan fingerprint density at radius 3 is 2.74 bits per heavy atom. The van der Waals surface area contributed by atoms with Gasteiger partial charge in [0.15, 0.2) is 0 Å². The van der Waals surface area contributed by atoms with Crippen molar-refractivity contribution < 1.29 is 13.3 Å². The topological polar surface area (TPSA) is 107 Å². The third kappa shape index (κ3) is 4.36. The van der Waals surface area contributed by atoms with Crippen LogP contribution in [0.5, 0.6) is 0 Å². The van der Waals surface area contributed by atoms with Crippen LogP contribution in [0.2, 0.25) is 0 Å². The molecule has 8 nitrogen and oxygen atoms in total. The number of nitrogens with zero attached hydrogens (tertiary/aromatic N) is 3. The van der Waals surface area contributed by atoms with E-state index in [1.54, 1.807) is 16.9 Å². The van der Waals surface area contributed by atoms with Gasteiger partial charge in [-0.1, -0.05) is 6.92 Å². The van der Waals surface area contributed by atoms with Gasteiger partial charge in [0.2, 0.25) is 10.0 Å². The second-order valence-corrected chi connectivity index (χ2v) is 7.16. The maximum atomic E-state index is 12.3. The van der Waals surface area contributed by atoms with Crippen LogP contribution < -0.4 is 4.72 Å². The molecule has 1 atom stereocenters. The number of hydrogen-bond acceptors (Lipinski definition) is 5. The molecule has 1 N–H and O–H groups in total. The van der Waals surface area contributed by atoms with Crippen molar-refractivity contribution in [3.63, 3.8) is 0 Å². The van der Waals surface area contributed by atoms with Crippen molar-refractivity contribution in [1.29, 1.82) is 0 Å². The van der Waals surface area contributed by atoms with E-state index in [0.717, 1.165) is 0 Å². The van der Waals surface area contributed by atoms with Crippen molar-refractivity contribution in [3.8, 4) is 0 Å². The van der Waals surface area contributed by atoms with Crippen molar-refractivity contribution in [3.05, 3.63) is 52.3 Å². The average molecular weight is 338 g/mol. The number of nitro benzene ring substituents is 1. The Labute approximate surface area is 134 Å². The van der Waals surface area contributed by atoms with E-state index in [-0.39, 0.29) is 23.0 Å². The first-order valence-electron chi connectivity index (χ1n) is 7.02. The molecular weight excluding hydrogens is 320 g/mol. The molecule has 1 aromatic carbocycles. The van der Waals surface area contributed by atoms with Crippen LogP contribution in [-0.2, 0) is 16.6 Å². The number of benzene rings is 1. The molecule has 0 spiro atoms. The van der Waals surface area contributed by atoms with Crippen molar-refractivity contribution in [1.82, 2.24) is 14.5 Å². The first kappa shape index (κ1) is 17.1. The minimum atomic E-state index is -3.70. The lowest BCUT2D eigenvalue weighted by Gasteiger charge is -2.13. The molecule has 1 aromatic heterocycles. The van der Waals surface area contributed by atoms with Crippen molar-refractivity contribution in [2.45, 2.75) is 25.3 Å². The Hall–Kier alpha value is -2.26. The van der Waals surface area contributed by atoms with Crippen LogP contribution in [0.25, 0.3) is 0 Å². The minimum Gasteiger partial charge on any atom is -0.272 e. The van der Waals surface area contributed by atoms with Gasteiger partial charge >= 0.3 is 0 Å². The summed E-state index contributed by atoms with van der Waals surface area (Å²) >= 11 is 0. The van der Waals surface area contributed by atoms with E-state index in [4.69, 9.17) is 0 Å². The maximum Gasteiger partial charge on any atom is 0.272 e. The minimum absolute atomic E-state index is 0.0203. The van der Waals surface area contributed by atoms with Crippen LogP contribution in [0.1, 0.15) is 12.5 Å². The van der Waals surface area contributed by atoms with Gasteiger partial charge in [0, 0.05) is 37.1 Å². The Kier molecular flexibility index (Phi) is 5.12. The fourth-order valence-corrected chi connectivity index (χ4v) is 3.38. The van der Waals surface area contributed by atoms with Gasteiger partial charge in [-0.05, 0) is 31.0 Å². The van der Waals surface area contributed by atoms with E-state index in [9.17, 15) is 18.5 Å². The fraction of sp³-hybridized carbons (Fsp3) is 0.357. The van der Waals surface area contributed by atoms with E-state index in [1.807, 2.05) is 13.1 Å². The normalized spacial score (nSPS) is 13.0. The lowest BCUT2D eigenvalue weighted by molar-refractivity contribution is -0.385. The smallest absolute Gasteiger partial charge is 0.272 e. The molecule has 124 valence electrons. The van der Waals surface area contributed by atoms with Gasteiger partial charge in [-0.25, -0.2) is 13.1 Å². The van der Waals surface area contributed by atoms with Gasteiger partial charge in [-0.2, -0.15) is 5.10 Å². The highest BCUT2D eigenvalue weighted by atomic mass is 32.2. The summed E-state index contributed by atoms with van der Waals surface area (Å²) in [6.45, 7) is 4.26. The summed E-state index contributed by atoms with van der Waals surface area (Å²) in [5, 5.41) is 14.9. The fourth-order valence-electron chi connectivity index (χ4n) is 2.13. The van der Waals surface area contributed by atoms with E-state index in [1.165, 1.54) is 25.1 Å². The predicted molar refractivity (Wildman–Crippen MR) is 84.4 cm³/mol. The first-order chi connectivity index (χ1) is 10.8. The number of rotatable bonds is 7. The molecule has 23 heavy (non-hydrogen) atoms. The SMILES string of the molecule is Cc1cc(S(=O)(=O)NC[C@@H](C)Cn2cccn2)ccc1[N+](=O)[O-]. The third-order valence-corrected chi connectivity index (χ3v) is 4.78. The van der Waals surface area contributed by atoms with Crippen LogP contribution in [0, 0.1) is 23.0 Å². The number of aromatic nitrogens is 2. The van der Waals surface area contributed by atoms with Gasteiger partial charge in [0.05, 0.1) is 9.82 Å². The van der Waals surface area contributed by atoms with Crippen LogP contribution in [0.4, 0.5) is 5.69 Å². The van der Waals surface area contributed by atoms with Crippen molar-refractivity contribution in [2.75, 3.05) is 6.54 Å². The van der Waals surface area contributed by atoms with Gasteiger partial charge < -0.3 is 0 Å². The molecule has 2 rings (SSSR count). The molecule has 0 bridgehead atoms. The van der Waals surface area contributed by atoms with E-state index < -0.39 is 14.9 Å². The molecule has 0 radical (unpaired) electrons. The Morgan fingerprint density at radius 1 is 1.43 bits per heavy atom. The number of hydrogen-bond donors (Lipinski definition) is 1. The van der Waals surface area contributed by atoms with E-state index in [2.05, 4.69) is 9.82 Å². The molecule has 0 unspecified atom stereocenters. The summed E-state index contributed by atoms with van der Waals surface area (Å²) in [6, 6.07) is 5.55. The molecule has 2 aromatic rings. The zero-order valence-electron chi connectivity index (χ0n) is 12.8. The quantitative estimate of drug-likeness (QED) is 0.611. The highest BCUT2D eigenvalue weighted by Gasteiger charge is 2.19. The Balaban J connectivity index is 2.04. The van der Waals surface area contributed by atoms with E-state index in [0.29, 0.717) is 12.1 Å². The van der Waals surface area contributed by atoms with Gasteiger partial charge in [-0.15, -0.1) is 0 Å². The molecule has 9 heteroatoms. The number of nitrogens with one attached hydrogen (secondary N) is 1. The maximum absolute atomic E-state index is 12.3. The number of sulfonamides is 1. The van der Waals surface area contributed by atoms with Crippen LogP contribution in [0.3, 0.4) is 0 Å². The molecular formula is C14H18N4O4S. The summed E-state index contributed by atoms with van der Waals surface area (Å²) in [5.41, 5.74) is 0.207. The second kappa shape index (κ2) is 6.88. The monoisotopic (exact) mass is 338 g/mol. The van der Waals surface area contributed by atoms with E-state index >= 15 is 0 Å². The third-order valence-electron chi connectivity index (χ3n) is 3.35. The lowest BCUT2D eigenvalue weighted by Crippen LogP contribution is -2.30. The summed E-state index contributed by atoms with van der Waals surface area (Å²) in [6.07, 6.45) is 3.47. The summed E-state index contributed by atoms with van der Waals surface area (Å²) in [4.78, 5) is 10.3. The molecule has 0 saturated carbocycles. The summed E-state index contributed by atoms with van der Waals surface area (Å²) < 4.78 is 28.8. The molecule has 0 aliphatic heterocycles. The van der Waals surface area contributed by atoms with Crippen molar-refractivity contribution in [2.24, 2.45) is 5.92 Å².